The van der Waals surface area contributed by atoms with E-state index in [9.17, 15) is 4.39 Å². The lowest BCUT2D eigenvalue weighted by molar-refractivity contribution is 0.557. The number of H-pyrrole nitrogens is 1. The van der Waals surface area contributed by atoms with Gasteiger partial charge in [-0.3, -0.25) is 0 Å². The Bertz CT molecular complexity index is 904. The van der Waals surface area contributed by atoms with Gasteiger partial charge in [0, 0.05) is 5.56 Å². The molecule has 0 unspecified atom stereocenters. The van der Waals surface area contributed by atoms with Gasteiger partial charge in [0.25, 0.3) is 0 Å². The largest absolute Gasteiger partial charge is 0.465 e. The molecule has 2 heterocycles. The van der Waals surface area contributed by atoms with E-state index in [-0.39, 0.29) is 5.82 Å². The summed E-state index contributed by atoms with van der Waals surface area (Å²) in [4.78, 5) is 0. The van der Waals surface area contributed by atoms with Gasteiger partial charge in [-0.05, 0) is 67.2 Å². The fraction of sp³-hybridized carbons (Fsp3) is 0.0625. The minimum Gasteiger partial charge on any atom is -0.465 e. The number of benzene rings is 1. The van der Waals surface area contributed by atoms with E-state index >= 15 is 0 Å². The van der Waals surface area contributed by atoms with Crippen molar-refractivity contribution in [3.8, 4) is 11.4 Å². The highest BCUT2D eigenvalue weighted by atomic mass is 32.1. The Kier molecular flexibility index (Phi) is 4.29. The van der Waals surface area contributed by atoms with Crippen LogP contribution in [0.25, 0.3) is 17.5 Å². The van der Waals surface area contributed by atoms with Crippen LogP contribution in [0.4, 0.5) is 4.39 Å². The van der Waals surface area contributed by atoms with Crippen LogP contribution in [0.1, 0.15) is 12.7 Å². The summed E-state index contributed by atoms with van der Waals surface area (Å²) in [7, 11) is 0. The molecule has 0 aliphatic heterocycles. The molecule has 0 bridgehead atoms. The fourth-order valence-electron chi connectivity index (χ4n) is 1.97. The van der Waals surface area contributed by atoms with Crippen molar-refractivity contribution in [3.63, 3.8) is 0 Å². The summed E-state index contributed by atoms with van der Waals surface area (Å²) in [5.74, 6) is 0.940. The zero-order valence-corrected chi connectivity index (χ0v) is 13.0. The van der Waals surface area contributed by atoms with Crippen LogP contribution >= 0.6 is 12.2 Å². The van der Waals surface area contributed by atoms with E-state index in [2.05, 4.69) is 15.3 Å². The molecule has 7 heteroatoms. The van der Waals surface area contributed by atoms with Crippen molar-refractivity contribution < 1.29 is 8.81 Å². The van der Waals surface area contributed by atoms with Crippen LogP contribution in [-0.2, 0) is 0 Å². The predicted molar refractivity (Wildman–Crippen MR) is 89.1 cm³/mol. The first-order valence-corrected chi connectivity index (χ1v) is 7.24. The lowest BCUT2D eigenvalue weighted by Crippen LogP contribution is -1.95. The van der Waals surface area contributed by atoms with Crippen LogP contribution in [0.5, 0.6) is 0 Å². The molecule has 2 aromatic heterocycles. The number of aromatic amines is 1. The van der Waals surface area contributed by atoms with Gasteiger partial charge in [-0.15, -0.1) is 0 Å². The smallest absolute Gasteiger partial charge is 0.216 e. The SMILES string of the molecule is CC(=C/c1ccco1)/C=N/n1c(-c2ccc(F)cc2)n[nH]c1=S. The maximum absolute atomic E-state index is 13.0. The summed E-state index contributed by atoms with van der Waals surface area (Å²) in [5.41, 5.74) is 1.59. The Hall–Kier alpha value is -2.80. The summed E-state index contributed by atoms with van der Waals surface area (Å²) in [6, 6.07) is 9.64. The van der Waals surface area contributed by atoms with Crippen LogP contribution in [-0.4, -0.2) is 21.1 Å². The van der Waals surface area contributed by atoms with Gasteiger partial charge in [-0.25, -0.2) is 9.49 Å². The van der Waals surface area contributed by atoms with E-state index in [0.29, 0.717) is 16.2 Å². The molecule has 1 aromatic carbocycles. The second-order valence-corrected chi connectivity index (χ2v) is 5.21. The number of nitrogens with one attached hydrogen (secondary N) is 1. The zero-order chi connectivity index (χ0) is 16.2. The molecule has 3 aromatic rings. The topological polar surface area (TPSA) is 59.1 Å². The molecular formula is C16H13FN4OS. The van der Waals surface area contributed by atoms with Gasteiger partial charge >= 0.3 is 0 Å². The van der Waals surface area contributed by atoms with Gasteiger partial charge in [-0.2, -0.15) is 14.9 Å². The van der Waals surface area contributed by atoms with E-state index < -0.39 is 0 Å². The second-order valence-electron chi connectivity index (χ2n) is 4.82. The van der Waals surface area contributed by atoms with Crippen LogP contribution in [0.15, 0.2) is 57.8 Å². The molecule has 0 amide bonds. The third-order valence-corrected chi connectivity index (χ3v) is 3.31. The molecule has 0 radical (unpaired) electrons. The van der Waals surface area contributed by atoms with Gasteiger partial charge in [0.05, 0.1) is 12.5 Å². The van der Waals surface area contributed by atoms with E-state index in [1.807, 2.05) is 25.1 Å². The number of nitrogens with zero attached hydrogens (tertiary/aromatic N) is 3. The number of rotatable bonds is 4. The first kappa shape index (κ1) is 15.1. The average Bonchev–Trinajstić information content (AvgIpc) is 3.16. The van der Waals surface area contributed by atoms with Crippen LogP contribution < -0.4 is 0 Å². The summed E-state index contributed by atoms with van der Waals surface area (Å²) < 4.78 is 20.1. The molecule has 5 nitrogen and oxygen atoms in total. The molecule has 0 fully saturated rings. The van der Waals surface area contributed by atoms with Crippen LogP contribution in [0.3, 0.4) is 0 Å². The Morgan fingerprint density at radius 1 is 1.35 bits per heavy atom. The lowest BCUT2D eigenvalue weighted by atomic mass is 10.2. The average molecular weight is 328 g/mol. The van der Waals surface area contributed by atoms with Crippen LogP contribution in [0.2, 0.25) is 0 Å². The number of hydrogen-bond donors (Lipinski definition) is 1. The molecule has 0 saturated heterocycles. The molecule has 3 rings (SSSR count). The summed E-state index contributed by atoms with van der Waals surface area (Å²) in [5, 5.41) is 11.2. The molecule has 0 aliphatic rings. The molecule has 0 saturated carbocycles. The molecular weight excluding hydrogens is 315 g/mol. The van der Waals surface area contributed by atoms with Gasteiger partial charge in [0.1, 0.15) is 11.6 Å². The number of hydrogen-bond acceptors (Lipinski definition) is 4. The van der Waals surface area contributed by atoms with Crippen LogP contribution in [0, 0.1) is 10.6 Å². The van der Waals surface area contributed by atoms with E-state index in [1.54, 1.807) is 24.6 Å². The molecule has 23 heavy (non-hydrogen) atoms. The molecule has 0 spiro atoms. The summed E-state index contributed by atoms with van der Waals surface area (Å²) in [6.45, 7) is 1.90. The molecule has 0 aliphatic carbocycles. The zero-order valence-electron chi connectivity index (χ0n) is 12.2. The monoisotopic (exact) mass is 328 g/mol. The summed E-state index contributed by atoms with van der Waals surface area (Å²) >= 11 is 5.19. The van der Waals surface area contributed by atoms with Gasteiger partial charge < -0.3 is 4.42 Å². The van der Waals surface area contributed by atoms with Crippen molar-refractivity contribution in [1.82, 2.24) is 14.9 Å². The third kappa shape index (κ3) is 3.51. The molecule has 1 N–H and O–H groups in total. The maximum Gasteiger partial charge on any atom is 0.216 e. The number of halogens is 1. The van der Waals surface area contributed by atoms with Crippen molar-refractivity contribution in [2.75, 3.05) is 0 Å². The first-order valence-electron chi connectivity index (χ1n) is 6.83. The standard InChI is InChI=1S/C16H13FN4OS/c1-11(9-14-3-2-8-22-14)10-18-21-15(19-20-16(21)23)12-4-6-13(17)7-5-12/h2-10H,1H3,(H,20,23)/b11-9-,18-10+. The quantitative estimate of drug-likeness (QED) is 0.574. The van der Waals surface area contributed by atoms with Crippen molar-refractivity contribution in [3.05, 3.63) is 64.6 Å². The van der Waals surface area contributed by atoms with E-state index in [1.165, 1.54) is 16.8 Å². The van der Waals surface area contributed by atoms with Gasteiger partial charge in [0.2, 0.25) is 4.77 Å². The van der Waals surface area contributed by atoms with Gasteiger partial charge in [0.15, 0.2) is 5.82 Å². The normalized spacial score (nSPS) is 12.2. The minimum atomic E-state index is -0.310. The van der Waals surface area contributed by atoms with Crippen molar-refractivity contribution >= 4 is 24.5 Å². The lowest BCUT2D eigenvalue weighted by Gasteiger charge is -2.00. The first-order chi connectivity index (χ1) is 11.1. The van der Waals surface area contributed by atoms with Crippen molar-refractivity contribution in [1.29, 1.82) is 0 Å². The fourth-order valence-corrected chi connectivity index (χ4v) is 2.15. The highest BCUT2D eigenvalue weighted by molar-refractivity contribution is 7.71. The van der Waals surface area contributed by atoms with Crippen molar-refractivity contribution in [2.24, 2.45) is 5.10 Å². The van der Waals surface area contributed by atoms with Gasteiger partial charge in [-0.1, -0.05) is 0 Å². The third-order valence-electron chi connectivity index (χ3n) is 3.04. The Labute approximate surface area is 136 Å². The number of furan rings is 1. The van der Waals surface area contributed by atoms with E-state index in [4.69, 9.17) is 16.6 Å². The number of aromatic nitrogens is 3. The maximum atomic E-state index is 13.0. The Morgan fingerprint density at radius 3 is 2.83 bits per heavy atom. The molecule has 0 atom stereocenters. The Morgan fingerprint density at radius 2 is 2.13 bits per heavy atom. The highest BCUT2D eigenvalue weighted by Gasteiger charge is 2.08. The van der Waals surface area contributed by atoms with E-state index in [0.717, 1.165) is 11.3 Å². The summed E-state index contributed by atoms with van der Waals surface area (Å²) in [6.07, 6.45) is 5.11. The van der Waals surface area contributed by atoms with Crippen molar-refractivity contribution in [2.45, 2.75) is 6.92 Å². The minimum absolute atomic E-state index is 0.310. The molecule has 116 valence electrons. The second kappa shape index (κ2) is 6.53. The highest BCUT2D eigenvalue weighted by Crippen LogP contribution is 2.17. The number of allylic oxidation sites excluding steroid dienone is 1. The predicted octanol–water partition coefficient (Wildman–Crippen LogP) is 4.28. The Balaban J connectivity index is 1.91.